The lowest BCUT2D eigenvalue weighted by atomic mass is 10.2. The molecule has 0 amide bonds. The molecule has 0 saturated heterocycles. The van der Waals surface area contributed by atoms with E-state index in [1.165, 1.54) is 4.57 Å². The van der Waals surface area contributed by atoms with Crippen molar-refractivity contribution in [3.8, 4) is 5.69 Å². The highest BCUT2D eigenvalue weighted by Gasteiger charge is 2.13. The molecule has 2 N–H and O–H groups in total. The van der Waals surface area contributed by atoms with Gasteiger partial charge in [-0.1, -0.05) is 18.2 Å². The number of hydrogen-bond donors (Lipinski definition) is 2. The van der Waals surface area contributed by atoms with E-state index in [1.807, 2.05) is 18.2 Å². The predicted molar refractivity (Wildman–Crippen MR) is 62.5 cm³/mol. The van der Waals surface area contributed by atoms with Crippen molar-refractivity contribution in [3.05, 3.63) is 52.2 Å². The molecule has 0 aliphatic rings. The monoisotopic (exact) mass is 232 g/mol. The van der Waals surface area contributed by atoms with Crippen molar-refractivity contribution in [3.63, 3.8) is 0 Å². The fourth-order valence-corrected chi connectivity index (χ4v) is 1.77. The van der Waals surface area contributed by atoms with Crippen LogP contribution in [-0.4, -0.2) is 20.6 Å². The molecular weight excluding hydrogens is 220 g/mol. The second kappa shape index (κ2) is 4.29. The summed E-state index contributed by atoms with van der Waals surface area (Å²) in [6.07, 6.45) is -0.180. The van der Waals surface area contributed by atoms with Crippen LogP contribution in [0.4, 0.5) is 0 Å². The molecule has 0 radical (unpaired) electrons. The van der Waals surface area contributed by atoms with Crippen molar-refractivity contribution in [2.75, 3.05) is 0 Å². The van der Waals surface area contributed by atoms with E-state index < -0.39 is 5.97 Å². The molecule has 17 heavy (non-hydrogen) atoms. The highest BCUT2D eigenvalue weighted by atomic mass is 16.4. The predicted octanol–water partition coefficient (Wildman–Crippen LogP) is 1.10. The summed E-state index contributed by atoms with van der Waals surface area (Å²) in [5, 5.41) is 8.73. The Labute approximate surface area is 97.3 Å². The summed E-state index contributed by atoms with van der Waals surface area (Å²) in [5.74, 6) is -0.963. The molecule has 0 aliphatic carbocycles. The van der Waals surface area contributed by atoms with Gasteiger partial charge in [0.2, 0.25) is 0 Å². The maximum absolute atomic E-state index is 11.8. The second-order valence-corrected chi connectivity index (χ2v) is 3.74. The zero-order valence-electron chi connectivity index (χ0n) is 9.30. The van der Waals surface area contributed by atoms with Crippen LogP contribution in [0.25, 0.3) is 5.69 Å². The van der Waals surface area contributed by atoms with E-state index in [1.54, 1.807) is 19.1 Å². The van der Waals surface area contributed by atoms with Gasteiger partial charge in [0.25, 0.3) is 0 Å². The fraction of sp³-hybridized carbons (Fsp3) is 0.167. The number of H-pyrrole nitrogens is 1. The number of imidazole rings is 1. The summed E-state index contributed by atoms with van der Waals surface area (Å²) < 4.78 is 1.47. The minimum absolute atomic E-state index is 0.180. The lowest BCUT2D eigenvalue weighted by Crippen LogP contribution is -2.15. The maximum atomic E-state index is 11.8. The normalized spacial score (nSPS) is 10.4. The van der Waals surface area contributed by atoms with Gasteiger partial charge in [0.15, 0.2) is 0 Å². The summed E-state index contributed by atoms with van der Waals surface area (Å²) >= 11 is 0. The van der Waals surface area contributed by atoms with Gasteiger partial charge in [-0.3, -0.25) is 9.36 Å². The van der Waals surface area contributed by atoms with Crippen molar-refractivity contribution >= 4 is 5.97 Å². The molecule has 0 spiro atoms. The molecule has 0 saturated carbocycles. The fourth-order valence-electron chi connectivity index (χ4n) is 1.77. The van der Waals surface area contributed by atoms with E-state index in [4.69, 9.17) is 5.11 Å². The van der Waals surface area contributed by atoms with E-state index in [0.29, 0.717) is 11.4 Å². The Morgan fingerprint density at radius 2 is 2.00 bits per heavy atom. The van der Waals surface area contributed by atoms with Crippen LogP contribution in [0.3, 0.4) is 0 Å². The molecule has 5 nitrogen and oxygen atoms in total. The molecule has 1 aromatic carbocycles. The molecule has 1 aromatic heterocycles. The minimum Gasteiger partial charge on any atom is -0.481 e. The van der Waals surface area contributed by atoms with Gasteiger partial charge in [-0.2, -0.15) is 0 Å². The van der Waals surface area contributed by atoms with Gasteiger partial charge in [-0.25, -0.2) is 4.79 Å². The van der Waals surface area contributed by atoms with Gasteiger partial charge in [0.05, 0.1) is 17.8 Å². The highest BCUT2D eigenvalue weighted by molar-refractivity contribution is 5.69. The number of para-hydroxylation sites is 1. The van der Waals surface area contributed by atoms with Gasteiger partial charge < -0.3 is 10.1 Å². The van der Waals surface area contributed by atoms with E-state index in [2.05, 4.69) is 4.98 Å². The van der Waals surface area contributed by atoms with Crippen LogP contribution >= 0.6 is 0 Å². The number of benzene rings is 1. The third-order valence-corrected chi connectivity index (χ3v) is 2.58. The van der Waals surface area contributed by atoms with Crippen LogP contribution in [0.2, 0.25) is 0 Å². The van der Waals surface area contributed by atoms with Gasteiger partial charge in [0, 0.05) is 5.69 Å². The molecule has 0 fully saturated rings. The first kappa shape index (κ1) is 11.2. The highest BCUT2D eigenvalue weighted by Crippen LogP contribution is 2.11. The Balaban J connectivity index is 2.53. The summed E-state index contributed by atoms with van der Waals surface area (Å²) in [6, 6.07) is 9.10. The van der Waals surface area contributed by atoms with Crippen molar-refractivity contribution in [1.29, 1.82) is 0 Å². The first-order valence-corrected chi connectivity index (χ1v) is 5.17. The topological polar surface area (TPSA) is 75.1 Å². The van der Waals surface area contributed by atoms with Crippen LogP contribution in [0.1, 0.15) is 11.4 Å². The molecule has 2 aromatic rings. The van der Waals surface area contributed by atoms with E-state index >= 15 is 0 Å². The molecule has 0 aliphatic heterocycles. The molecular formula is C12H12N2O3. The van der Waals surface area contributed by atoms with Crippen molar-refractivity contribution < 1.29 is 9.90 Å². The van der Waals surface area contributed by atoms with Crippen molar-refractivity contribution in [2.24, 2.45) is 0 Å². The zero-order chi connectivity index (χ0) is 12.4. The molecule has 2 rings (SSSR count). The molecule has 0 bridgehead atoms. The largest absolute Gasteiger partial charge is 0.481 e. The Morgan fingerprint density at radius 1 is 1.35 bits per heavy atom. The Kier molecular flexibility index (Phi) is 2.82. The maximum Gasteiger partial charge on any atom is 0.330 e. The van der Waals surface area contributed by atoms with Crippen LogP contribution in [0.5, 0.6) is 0 Å². The number of rotatable bonds is 3. The lowest BCUT2D eigenvalue weighted by Gasteiger charge is -2.03. The number of nitrogens with zero attached hydrogens (tertiary/aromatic N) is 1. The summed E-state index contributed by atoms with van der Waals surface area (Å²) in [6.45, 7) is 1.73. The number of nitrogens with one attached hydrogen (secondary N) is 1. The molecule has 0 unspecified atom stereocenters. The number of aliphatic carboxylic acids is 1. The smallest absolute Gasteiger partial charge is 0.330 e. The number of aromatic amines is 1. The lowest BCUT2D eigenvalue weighted by molar-refractivity contribution is -0.136. The summed E-state index contributed by atoms with van der Waals surface area (Å²) in [5.41, 5.74) is 1.47. The molecule has 5 heteroatoms. The number of carboxylic acid groups (broad SMARTS) is 1. The van der Waals surface area contributed by atoms with E-state index in [9.17, 15) is 9.59 Å². The van der Waals surface area contributed by atoms with Crippen LogP contribution in [-0.2, 0) is 11.2 Å². The minimum atomic E-state index is -0.963. The first-order chi connectivity index (χ1) is 8.09. The van der Waals surface area contributed by atoms with E-state index in [0.717, 1.165) is 5.69 Å². The standard InChI is InChI=1S/C12H12N2O3/c1-8-10(7-11(15)16)13-12(17)14(8)9-5-3-2-4-6-9/h2-6H,7H2,1H3,(H,13,17)(H,15,16). The second-order valence-electron chi connectivity index (χ2n) is 3.74. The zero-order valence-corrected chi connectivity index (χ0v) is 9.30. The third kappa shape index (κ3) is 2.13. The number of hydrogen-bond acceptors (Lipinski definition) is 2. The van der Waals surface area contributed by atoms with Crippen molar-refractivity contribution in [2.45, 2.75) is 13.3 Å². The summed E-state index contributed by atoms with van der Waals surface area (Å²) in [7, 11) is 0. The van der Waals surface area contributed by atoms with Crippen LogP contribution in [0, 0.1) is 6.92 Å². The third-order valence-electron chi connectivity index (χ3n) is 2.58. The van der Waals surface area contributed by atoms with Crippen LogP contribution < -0.4 is 5.69 Å². The van der Waals surface area contributed by atoms with E-state index in [-0.39, 0.29) is 12.1 Å². The summed E-state index contributed by atoms with van der Waals surface area (Å²) in [4.78, 5) is 25.0. The molecule has 1 heterocycles. The number of carboxylic acids is 1. The Hall–Kier alpha value is -2.30. The molecule has 88 valence electrons. The first-order valence-electron chi connectivity index (χ1n) is 5.17. The average Bonchev–Trinajstić information content (AvgIpc) is 2.54. The van der Waals surface area contributed by atoms with Crippen molar-refractivity contribution in [1.82, 2.24) is 9.55 Å². The molecule has 0 atom stereocenters. The average molecular weight is 232 g/mol. The van der Waals surface area contributed by atoms with Crippen LogP contribution in [0.15, 0.2) is 35.1 Å². The number of carbonyl (C=O) groups is 1. The quantitative estimate of drug-likeness (QED) is 0.832. The Bertz CT molecular complexity index is 596. The van der Waals surface area contributed by atoms with Gasteiger partial charge in [-0.15, -0.1) is 0 Å². The van der Waals surface area contributed by atoms with Gasteiger partial charge in [-0.05, 0) is 19.1 Å². The Morgan fingerprint density at radius 3 is 2.59 bits per heavy atom. The number of aromatic nitrogens is 2. The van der Waals surface area contributed by atoms with Gasteiger partial charge >= 0.3 is 11.7 Å². The SMILES string of the molecule is Cc1c(CC(=O)O)[nH]c(=O)n1-c1ccccc1. The van der Waals surface area contributed by atoms with Gasteiger partial charge in [0.1, 0.15) is 0 Å².